The van der Waals surface area contributed by atoms with Crippen molar-refractivity contribution in [3.8, 4) is 0 Å². The van der Waals surface area contributed by atoms with Crippen LogP contribution in [0, 0.1) is 5.82 Å². The summed E-state index contributed by atoms with van der Waals surface area (Å²) in [5.74, 6) is -2.04. The Morgan fingerprint density at radius 2 is 2.00 bits per heavy atom. The Labute approximate surface area is 97.2 Å². The van der Waals surface area contributed by atoms with Gasteiger partial charge in [-0.2, -0.15) is 0 Å². The predicted octanol–water partition coefficient (Wildman–Crippen LogP) is 1.25. The molecule has 6 heteroatoms. The third-order valence-corrected chi connectivity index (χ3v) is 1.94. The van der Waals surface area contributed by atoms with Crippen molar-refractivity contribution in [1.29, 1.82) is 0 Å². The van der Waals surface area contributed by atoms with E-state index in [0.29, 0.717) is 5.69 Å². The molecule has 0 aromatic heterocycles. The van der Waals surface area contributed by atoms with Gasteiger partial charge < -0.3 is 15.2 Å². The fourth-order valence-electron chi connectivity index (χ4n) is 1.00. The lowest BCUT2D eigenvalue weighted by Gasteiger charge is -2.08. The van der Waals surface area contributed by atoms with Crippen LogP contribution in [0.25, 0.3) is 0 Å². The zero-order valence-electron chi connectivity index (χ0n) is 9.14. The Balaban J connectivity index is 2.39. The second-order valence-electron chi connectivity index (χ2n) is 3.35. The Morgan fingerprint density at radius 3 is 2.53 bits per heavy atom. The minimum atomic E-state index is -1.14. The number of benzene rings is 1. The lowest BCUT2D eigenvalue weighted by atomic mass is 10.3. The van der Waals surface area contributed by atoms with Crippen LogP contribution in [-0.4, -0.2) is 29.7 Å². The van der Waals surface area contributed by atoms with Crippen LogP contribution in [-0.2, 0) is 14.3 Å². The maximum atomic E-state index is 12.6. The molecule has 0 saturated carbocycles. The van der Waals surface area contributed by atoms with Crippen LogP contribution in [0.2, 0.25) is 0 Å². The van der Waals surface area contributed by atoms with E-state index in [9.17, 15) is 14.0 Å². The van der Waals surface area contributed by atoms with E-state index in [1.54, 1.807) is 0 Å². The number of amides is 1. The van der Waals surface area contributed by atoms with Gasteiger partial charge >= 0.3 is 5.97 Å². The Bertz CT molecular complexity index is 404. The highest BCUT2D eigenvalue weighted by Gasteiger charge is 2.13. The van der Waals surface area contributed by atoms with Crippen LogP contribution in [0.3, 0.4) is 0 Å². The maximum Gasteiger partial charge on any atom is 0.332 e. The number of hydrogen-bond donors (Lipinski definition) is 2. The Morgan fingerprint density at radius 1 is 1.41 bits per heavy atom. The molecule has 1 atom stereocenters. The molecule has 0 heterocycles. The number of carboxylic acid groups (broad SMARTS) is 1. The molecule has 1 rings (SSSR count). The summed E-state index contributed by atoms with van der Waals surface area (Å²) in [7, 11) is 0. The first-order chi connectivity index (χ1) is 7.99. The van der Waals surface area contributed by atoms with Crippen LogP contribution in [0.5, 0.6) is 0 Å². The normalized spacial score (nSPS) is 11.9. The number of hydrogen-bond acceptors (Lipinski definition) is 3. The lowest BCUT2D eigenvalue weighted by Crippen LogP contribution is -2.26. The Hall–Kier alpha value is -1.95. The van der Waals surface area contributed by atoms with E-state index >= 15 is 0 Å². The first kappa shape index (κ1) is 13.1. The minimum absolute atomic E-state index is 0.370. The molecule has 0 spiro atoms. The number of nitrogens with one attached hydrogen (secondary N) is 1. The van der Waals surface area contributed by atoms with E-state index in [1.807, 2.05) is 0 Å². The fourth-order valence-corrected chi connectivity index (χ4v) is 1.00. The smallest absolute Gasteiger partial charge is 0.332 e. The van der Waals surface area contributed by atoms with Crippen LogP contribution in [0.4, 0.5) is 10.1 Å². The van der Waals surface area contributed by atoms with Gasteiger partial charge in [0.15, 0.2) is 6.10 Å². The molecular formula is C11H12FNO4. The van der Waals surface area contributed by atoms with E-state index in [0.717, 1.165) is 0 Å². The van der Waals surface area contributed by atoms with Crippen molar-refractivity contribution in [2.45, 2.75) is 13.0 Å². The molecule has 92 valence electrons. The van der Waals surface area contributed by atoms with Crippen molar-refractivity contribution in [1.82, 2.24) is 0 Å². The molecule has 0 fully saturated rings. The number of carbonyl (C=O) groups is 2. The molecule has 1 aromatic carbocycles. The summed E-state index contributed by atoms with van der Waals surface area (Å²) in [6.45, 7) is 0.957. The predicted molar refractivity (Wildman–Crippen MR) is 58.1 cm³/mol. The number of halogens is 1. The molecular weight excluding hydrogens is 229 g/mol. The van der Waals surface area contributed by atoms with Crippen LogP contribution in [0.1, 0.15) is 6.92 Å². The van der Waals surface area contributed by atoms with Gasteiger partial charge in [-0.3, -0.25) is 4.79 Å². The van der Waals surface area contributed by atoms with E-state index in [-0.39, 0.29) is 6.61 Å². The van der Waals surface area contributed by atoms with Crippen molar-refractivity contribution in [2.75, 3.05) is 11.9 Å². The molecule has 0 aliphatic carbocycles. The number of carboxylic acids is 1. The fraction of sp³-hybridized carbons (Fsp3) is 0.273. The second-order valence-corrected chi connectivity index (χ2v) is 3.35. The molecule has 1 aromatic rings. The number of ether oxygens (including phenoxy) is 1. The third kappa shape index (κ3) is 4.60. The van der Waals surface area contributed by atoms with Crippen molar-refractivity contribution in [3.05, 3.63) is 30.1 Å². The van der Waals surface area contributed by atoms with Crippen molar-refractivity contribution in [2.24, 2.45) is 0 Å². The van der Waals surface area contributed by atoms with Crippen LogP contribution < -0.4 is 5.32 Å². The molecule has 0 bridgehead atoms. The second kappa shape index (κ2) is 5.95. The molecule has 2 N–H and O–H groups in total. The van der Waals surface area contributed by atoms with Gasteiger partial charge in [0.25, 0.3) is 0 Å². The highest BCUT2D eigenvalue weighted by atomic mass is 19.1. The zero-order chi connectivity index (χ0) is 12.8. The molecule has 0 unspecified atom stereocenters. The van der Waals surface area contributed by atoms with Crippen molar-refractivity contribution >= 4 is 17.6 Å². The number of anilines is 1. The molecule has 1 amide bonds. The minimum Gasteiger partial charge on any atom is -0.479 e. The van der Waals surface area contributed by atoms with Gasteiger partial charge in [-0.15, -0.1) is 0 Å². The van der Waals surface area contributed by atoms with Crippen molar-refractivity contribution < 1.29 is 23.8 Å². The van der Waals surface area contributed by atoms with Gasteiger partial charge in [0.2, 0.25) is 5.91 Å². The van der Waals surface area contributed by atoms with Crippen LogP contribution >= 0.6 is 0 Å². The van der Waals surface area contributed by atoms with E-state index in [1.165, 1.54) is 31.2 Å². The zero-order valence-corrected chi connectivity index (χ0v) is 9.14. The van der Waals surface area contributed by atoms with Gasteiger partial charge in [0.05, 0.1) is 0 Å². The van der Waals surface area contributed by atoms with Crippen molar-refractivity contribution in [3.63, 3.8) is 0 Å². The summed E-state index contributed by atoms with van der Waals surface area (Å²) in [5, 5.41) is 11.0. The summed E-state index contributed by atoms with van der Waals surface area (Å²) < 4.78 is 17.3. The third-order valence-electron chi connectivity index (χ3n) is 1.94. The Kier molecular flexibility index (Phi) is 4.59. The number of rotatable bonds is 5. The maximum absolute atomic E-state index is 12.6. The monoisotopic (exact) mass is 241 g/mol. The number of aliphatic carboxylic acids is 1. The average molecular weight is 241 g/mol. The lowest BCUT2D eigenvalue weighted by molar-refractivity contribution is -0.150. The van der Waals surface area contributed by atoms with E-state index in [4.69, 9.17) is 9.84 Å². The topological polar surface area (TPSA) is 75.6 Å². The SMILES string of the molecule is C[C@@H](OCC(=O)Nc1ccc(F)cc1)C(=O)O. The standard InChI is InChI=1S/C11H12FNO4/c1-7(11(15)16)17-6-10(14)13-9-4-2-8(12)3-5-9/h2-5,7H,6H2,1H3,(H,13,14)(H,15,16)/t7-/m1/s1. The highest BCUT2D eigenvalue weighted by Crippen LogP contribution is 2.07. The largest absolute Gasteiger partial charge is 0.479 e. The van der Waals surface area contributed by atoms with Gasteiger partial charge in [-0.25, -0.2) is 9.18 Å². The number of carbonyl (C=O) groups excluding carboxylic acids is 1. The summed E-state index contributed by atoms with van der Waals surface area (Å²) in [5.41, 5.74) is 0.419. The van der Waals surface area contributed by atoms with E-state index < -0.39 is 23.8 Å². The molecule has 5 nitrogen and oxygen atoms in total. The summed E-state index contributed by atoms with van der Waals surface area (Å²) in [4.78, 5) is 21.7. The van der Waals surface area contributed by atoms with Crippen LogP contribution in [0.15, 0.2) is 24.3 Å². The summed E-state index contributed by atoms with van der Waals surface area (Å²) in [6.07, 6.45) is -1.05. The quantitative estimate of drug-likeness (QED) is 0.813. The molecule has 17 heavy (non-hydrogen) atoms. The van der Waals surface area contributed by atoms with Gasteiger partial charge in [-0.1, -0.05) is 0 Å². The van der Waals surface area contributed by atoms with E-state index in [2.05, 4.69) is 5.32 Å². The molecule has 0 aliphatic heterocycles. The first-order valence-corrected chi connectivity index (χ1v) is 4.89. The highest BCUT2D eigenvalue weighted by molar-refractivity contribution is 5.91. The molecule has 0 radical (unpaired) electrons. The summed E-state index contributed by atoms with van der Waals surface area (Å²) >= 11 is 0. The van der Waals surface area contributed by atoms with Gasteiger partial charge in [0.1, 0.15) is 12.4 Å². The summed E-state index contributed by atoms with van der Waals surface area (Å²) in [6, 6.07) is 5.20. The molecule has 0 saturated heterocycles. The first-order valence-electron chi connectivity index (χ1n) is 4.89. The van der Waals surface area contributed by atoms with Gasteiger partial charge in [0, 0.05) is 5.69 Å². The molecule has 0 aliphatic rings. The average Bonchev–Trinajstić information content (AvgIpc) is 2.29. The van der Waals surface area contributed by atoms with Gasteiger partial charge in [-0.05, 0) is 31.2 Å².